The lowest BCUT2D eigenvalue weighted by molar-refractivity contribution is -0.275. The molecule has 0 unspecified atom stereocenters. The molecule has 0 aromatic heterocycles. The number of halogens is 5. The Morgan fingerprint density at radius 2 is 1.71 bits per heavy atom. The third-order valence-corrected chi connectivity index (χ3v) is 5.66. The van der Waals surface area contributed by atoms with Crippen LogP contribution in [-0.4, -0.2) is 32.3 Å². The topological polar surface area (TPSA) is 36.9 Å². The molecule has 3 aromatic rings. The standard InChI is InChI=1S/C26H25F5O4/c1-2-11-32-20-14-33-25(34-15-20)19-8-9-21-18(13-19)7-6-17(24(21)28)5-3-16-4-10-23(22(27)12-16)35-26(29,30)31/h4,6-10,12-13,20,25H,2-3,5,11,14-15H2,1H3. The van der Waals surface area contributed by atoms with E-state index in [1.54, 1.807) is 24.3 Å². The Labute approximate surface area is 199 Å². The Morgan fingerprint density at radius 1 is 0.943 bits per heavy atom. The van der Waals surface area contributed by atoms with Crippen LogP contribution in [0.15, 0.2) is 48.5 Å². The van der Waals surface area contributed by atoms with Gasteiger partial charge < -0.3 is 18.9 Å². The fourth-order valence-electron chi connectivity index (χ4n) is 3.94. The zero-order valence-corrected chi connectivity index (χ0v) is 19.0. The van der Waals surface area contributed by atoms with Crippen LogP contribution in [0.3, 0.4) is 0 Å². The fraction of sp³-hybridized carbons (Fsp3) is 0.385. The molecule has 1 heterocycles. The Balaban J connectivity index is 1.41. The SMILES string of the molecule is CCCOC1COC(c2ccc3c(F)c(CCc4ccc(OC(F)(F)F)c(F)c4)ccc3c2)OC1. The first-order chi connectivity index (χ1) is 16.7. The second-order valence-electron chi connectivity index (χ2n) is 8.32. The van der Waals surface area contributed by atoms with Crippen molar-refractivity contribution in [3.63, 3.8) is 0 Å². The summed E-state index contributed by atoms with van der Waals surface area (Å²) in [7, 11) is 0. The summed E-state index contributed by atoms with van der Waals surface area (Å²) in [4.78, 5) is 0. The number of rotatable bonds is 8. The van der Waals surface area contributed by atoms with Crippen LogP contribution in [-0.2, 0) is 27.1 Å². The van der Waals surface area contributed by atoms with E-state index in [1.807, 2.05) is 13.0 Å². The quantitative estimate of drug-likeness (QED) is 0.328. The summed E-state index contributed by atoms with van der Waals surface area (Å²) < 4.78 is 86.8. The van der Waals surface area contributed by atoms with Crippen LogP contribution in [0.2, 0.25) is 0 Å². The monoisotopic (exact) mass is 496 g/mol. The van der Waals surface area contributed by atoms with Gasteiger partial charge in [0, 0.05) is 17.6 Å². The first-order valence-electron chi connectivity index (χ1n) is 11.3. The summed E-state index contributed by atoms with van der Waals surface area (Å²) in [6.45, 7) is 3.51. The van der Waals surface area contributed by atoms with Gasteiger partial charge >= 0.3 is 6.36 Å². The predicted molar refractivity (Wildman–Crippen MR) is 119 cm³/mol. The van der Waals surface area contributed by atoms with E-state index in [-0.39, 0.29) is 18.9 Å². The van der Waals surface area contributed by atoms with Gasteiger partial charge in [-0.2, -0.15) is 0 Å². The van der Waals surface area contributed by atoms with Gasteiger partial charge in [-0.1, -0.05) is 37.3 Å². The second-order valence-corrected chi connectivity index (χ2v) is 8.32. The summed E-state index contributed by atoms with van der Waals surface area (Å²) in [6.07, 6.45) is -4.23. The number of alkyl halides is 3. The lowest BCUT2D eigenvalue weighted by Gasteiger charge is -2.29. The molecular weight excluding hydrogens is 471 g/mol. The lowest BCUT2D eigenvalue weighted by Crippen LogP contribution is -2.33. The Bertz CT molecular complexity index is 1160. The molecule has 0 bridgehead atoms. The summed E-state index contributed by atoms with van der Waals surface area (Å²) in [5.41, 5.74) is 1.62. The van der Waals surface area contributed by atoms with Gasteiger partial charge in [-0.05, 0) is 54.0 Å². The van der Waals surface area contributed by atoms with E-state index in [4.69, 9.17) is 14.2 Å². The molecule has 1 aliphatic heterocycles. The largest absolute Gasteiger partial charge is 0.573 e. The summed E-state index contributed by atoms with van der Waals surface area (Å²) in [6, 6.07) is 11.9. The third kappa shape index (κ3) is 6.48. The predicted octanol–water partition coefficient (Wildman–Crippen LogP) is 6.64. The first-order valence-corrected chi connectivity index (χ1v) is 11.3. The maximum Gasteiger partial charge on any atom is 0.573 e. The van der Waals surface area contributed by atoms with Crippen molar-refractivity contribution in [2.45, 2.75) is 44.9 Å². The van der Waals surface area contributed by atoms with E-state index in [0.717, 1.165) is 24.1 Å². The molecule has 0 amide bonds. The highest BCUT2D eigenvalue weighted by Gasteiger charge is 2.32. The van der Waals surface area contributed by atoms with Crippen LogP contribution in [0.25, 0.3) is 10.8 Å². The second kappa shape index (κ2) is 10.9. The van der Waals surface area contributed by atoms with Gasteiger partial charge in [0.2, 0.25) is 0 Å². The average Bonchev–Trinajstić information content (AvgIpc) is 2.83. The summed E-state index contributed by atoms with van der Waals surface area (Å²) in [5, 5.41) is 1.10. The molecule has 0 spiro atoms. The smallest absolute Gasteiger partial charge is 0.403 e. The van der Waals surface area contributed by atoms with Gasteiger partial charge in [0.25, 0.3) is 0 Å². The molecule has 9 heteroatoms. The number of benzene rings is 3. The van der Waals surface area contributed by atoms with Gasteiger partial charge in [-0.25, -0.2) is 8.78 Å². The van der Waals surface area contributed by atoms with Gasteiger partial charge in [0.1, 0.15) is 11.9 Å². The summed E-state index contributed by atoms with van der Waals surface area (Å²) in [5.74, 6) is -2.42. The molecule has 4 nitrogen and oxygen atoms in total. The van der Waals surface area contributed by atoms with Crippen molar-refractivity contribution in [1.29, 1.82) is 0 Å². The maximum absolute atomic E-state index is 15.1. The molecule has 1 aliphatic rings. The van der Waals surface area contributed by atoms with Crippen LogP contribution < -0.4 is 4.74 Å². The van der Waals surface area contributed by atoms with Crippen molar-refractivity contribution >= 4 is 10.8 Å². The molecule has 0 saturated carbocycles. The molecule has 0 N–H and O–H groups in total. The Hall–Kier alpha value is -2.75. The van der Waals surface area contributed by atoms with E-state index in [9.17, 15) is 17.6 Å². The molecule has 0 atom stereocenters. The lowest BCUT2D eigenvalue weighted by atomic mass is 9.99. The van der Waals surface area contributed by atoms with Crippen LogP contribution in [0.1, 0.15) is 36.3 Å². The minimum atomic E-state index is -4.98. The number of ether oxygens (including phenoxy) is 4. The van der Waals surface area contributed by atoms with E-state index >= 15 is 4.39 Å². The van der Waals surface area contributed by atoms with Crippen LogP contribution >= 0.6 is 0 Å². The van der Waals surface area contributed by atoms with Gasteiger partial charge in [0.15, 0.2) is 17.9 Å². The highest BCUT2D eigenvalue weighted by atomic mass is 19.4. The van der Waals surface area contributed by atoms with Crippen molar-refractivity contribution in [3.05, 3.63) is 76.9 Å². The molecular formula is C26H25F5O4. The van der Waals surface area contributed by atoms with Crippen LogP contribution in [0.4, 0.5) is 22.0 Å². The Kier molecular flexibility index (Phi) is 7.88. The van der Waals surface area contributed by atoms with Gasteiger partial charge in [-0.3, -0.25) is 0 Å². The molecule has 35 heavy (non-hydrogen) atoms. The molecule has 0 radical (unpaired) electrons. The highest BCUT2D eigenvalue weighted by Crippen LogP contribution is 2.30. The van der Waals surface area contributed by atoms with Crippen LogP contribution in [0.5, 0.6) is 5.75 Å². The van der Waals surface area contributed by atoms with E-state index in [0.29, 0.717) is 41.7 Å². The normalized spacial score (nSPS) is 18.7. The molecule has 0 aliphatic carbocycles. The first kappa shape index (κ1) is 25.3. The van der Waals surface area contributed by atoms with Crippen LogP contribution in [0, 0.1) is 11.6 Å². The average molecular weight is 496 g/mol. The number of hydrogen-bond donors (Lipinski definition) is 0. The van der Waals surface area contributed by atoms with Crippen molar-refractivity contribution < 1.29 is 40.9 Å². The molecule has 4 rings (SSSR count). The van der Waals surface area contributed by atoms with E-state index in [2.05, 4.69) is 4.74 Å². The number of hydrogen-bond acceptors (Lipinski definition) is 4. The third-order valence-electron chi connectivity index (χ3n) is 5.66. The molecule has 188 valence electrons. The maximum atomic E-state index is 15.1. The molecule has 1 saturated heterocycles. The number of fused-ring (bicyclic) bond motifs is 1. The Morgan fingerprint density at radius 3 is 2.40 bits per heavy atom. The van der Waals surface area contributed by atoms with Crippen molar-refractivity contribution in [2.75, 3.05) is 19.8 Å². The molecule has 3 aromatic carbocycles. The number of aryl methyl sites for hydroxylation is 2. The van der Waals surface area contributed by atoms with Gasteiger partial charge in [-0.15, -0.1) is 13.2 Å². The molecule has 1 fully saturated rings. The minimum Gasteiger partial charge on any atom is -0.403 e. The minimum absolute atomic E-state index is 0.103. The highest BCUT2D eigenvalue weighted by molar-refractivity contribution is 5.84. The zero-order valence-electron chi connectivity index (χ0n) is 19.0. The van der Waals surface area contributed by atoms with Crippen molar-refractivity contribution in [2.24, 2.45) is 0 Å². The van der Waals surface area contributed by atoms with E-state index < -0.39 is 30.0 Å². The van der Waals surface area contributed by atoms with E-state index in [1.165, 1.54) is 6.07 Å². The van der Waals surface area contributed by atoms with Gasteiger partial charge in [0.05, 0.1) is 13.2 Å². The van der Waals surface area contributed by atoms with Crippen molar-refractivity contribution in [3.8, 4) is 5.75 Å². The van der Waals surface area contributed by atoms with Crippen molar-refractivity contribution in [1.82, 2.24) is 0 Å². The fourth-order valence-corrected chi connectivity index (χ4v) is 3.94. The summed E-state index contributed by atoms with van der Waals surface area (Å²) >= 11 is 0. The zero-order chi connectivity index (χ0) is 25.0.